The third-order valence-electron chi connectivity index (χ3n) is 3.48. The molecule has 0 aliphatic rings. The molecule has 0 aliphatic heterocycles. The zero-order valence-corrected chi connectivity index (χ0v) is 14.3. The van der Waals surface area contributed by atoms with Crippen LogP contribution in [0.1, 0.15) is 43.1 Å². The van der Waals surface area contributed by atoms with Crippen molar-refractivity contribution < 1.29 is 4.79 Å². The first-order chi connectivity index (χ1) is 10.5. The highest BCUT2D eigenvalue weighted by Gasteiger charge is 2.17. The van der Waals surface area contributed by atoms with Gasteiger partial charge in [-0.05, 0) is 43.2 Å². The maximum absolute atomic E-state index is 12.2. The Morgan fingerprint density at radius 2 is 2.18 bits per heavy atom. The molecule has 0 aromatic carbocycles. The van der Waals surface area contributed by atoms with Crippen molar-refractivity contribution in [3.8, 4) is 0 Å². The first-order valence-corrected chi connectivity index (χ1v) is 8.40. The molecule has 1 amide bonds. The third-order valence-corrected chi connectivity index (χ3v) is 4.31. The van der Waals surface area contributed by atoms with Crippen LogP contribution in [0.3, 0.4) is 0 Å². The summed E-state index contributed by atoms with van der Waals surface area (Å²) < 4.78 is 0. The number of pyridine rings is 1. The van der Waals surface area contributed by atoms with Gasteiger partial charge in [-0.25, -0.2) is 4.98 Å². The molecule has 0 fully saturated rings. The highest BCUT2D eigenvalue weighted by atomic mass is 32.2. The summed E-state index contributed by atoms with van der Waals surface area (Å²) in [7, 11) is 0. The van der Waals surface area contributed by atoms with Crippen LogP contribution in [0.5, 0.6) is 0 Å². The Bertz CT molecular complexity index is 617. The second-order valence-corrected chi connectivity index (χ2v) is 6.60. The number of carbonyl (C=O) groups excluding carboxylic acids is 1. The molecule has 1 atom stereocenters. The van der Waals surface area contributed by atoms with Crippen LogP contribution in [-0.2, 0) is 4.79 Å². The van der Waals surface area contributed by atoms with Crippen molar-refractivity contribution in [1.82, 2.24) is 15.2 Å². The van der Waals surface area contributed by atoms with Crippen molar-refractivity contribution in [1.29, 1.82) is 0 Å². The van der Waals surface area contributed by atoms with Crippen molar-refractivity contribution in [2.45, 2.75) is 45.1 Å². The average Bonchev–Trinajstić information content (AvgIpc) is 2.80. The van der Waals surface area contributed by atoms with Crippen LogP contribution in [0, 0.1) is 13.8 Å². The van der Waals surface area contributed by atoms with E-state index >= 15 is 0 Å². The lowest BCUT2D eigenvalue weighted by Crippen LogP contribution is -2.15. The minimum atomic E-state index is -0.00908. The predicted molar refractivity (Wildman–Crippen MR) is 90.4 cm³/mol. The van der Waals surface area contributed by atoms with Gasteiger partial charge in [0.05, 0.1) is 22.6 Å². The molecule has 0 saturated carbocycles. The molecular formula is C16H22N4OS. The molecule has 0 bridgehead atoms. The minimum absolute atomic E-state index is 0.00908. The highest BCUT2D eigenvalue weighted by molar-refractivity contribution is 7.99. The Labute approximate surface area is 135 Å². The standard InChI is InChI=1S/C16H22N4OS/c1-5-22-15-7-6-13(9-17-15)18-14(21)8-10(2)16-11(3)19-20-12(16)4/h6-7,9-10H,5,8H2,1-4H3,(H,18,21)(H,19,20). The van der Waals surface area contributed by atoms with Crippen molar-refractivity contribution >= 4 is 23.4 Å². The van der Waals surface area contributed by atoms with Crippen LogP contribution in [0.2, 0.25) is 0 Å². The molecule has 0 aliphatic carbocycles. The van der Waals surface area contributed by atoms with E-state index in [1.54, 1.807) is 18.0 Å². The molecule has 1 unspecified atom stereocenters. The van der Waals surface area contributed by atoms with Crippen molar-refractivity contribution in [3.05, 3.63) is 35.3 Å². The topological polar surface area (TPSA) is 70.7 Å². The monoisotopic (exact) mass is 318 g/mol. The third kappa shape index (κ3) is 4.10. The second kappa shape index (κ2) is 7.45. The van der Waals surface area contributed by atoms with Crippen LogP contribution < -0.4 is 5.32 Å². The van der Waals surface area contributed by atoms with Crippen LogP contribution >= 0.6 is 11.8 Å². The van der Waals surface area contributed by atoms with Gasteiger partial charge < -0.3 is 5.32 Å². The van der Waals surface area contributed by atoms with E-state index in [1.165, 1.54) is 0 Å². The normalized spacial score (nSPS) is 12.2. The van der Waals surface area contributed by atoms with Gasteiger partial charge in [0.2, 0.25) is 5.91 Å². The first-order valence-electron chi connectivity index (χ1n) is 7.41. The lowest BCUT2D eigenvalue weighted by molar-refractivity contribution is -0.116. The lowest BCUT2D eigenvalue weighted by Gasteiger charge is -2.12. The van der Waals surface area contributed by atoms with Crippen LogP contribution in [0.15, 0.2) is 23.4 Å². The predicted octanol–water partition coefficient (Wildman–Crippen LogP) is 3.67. The van der Waals surface area contributed by atoms with Gasteiger partial charge >= 0.3 is 0 Å². The zero-order chi connectivity index (χ0) is 16.1. The van der Waals surface area contributed by atoms with Gasteiger partial charge in [-0.2, -0.15) is 5.10 Å². The number of thioether (sulfide) groups is 1. The molecule has 6 heteroatoms. The van der Waals surface area contributed by atoms with E-state index in [4.69, 9.17) is 0 Å². The molecule has 2 heterocycles. The minimum Gasteiger partial charge on any atom is -0.325 e. The number of hydrogen-bond acceptors (Lipinski definition) is 4. The fourth-order valence-corrected chi connectivity index (χ4v) is 3.15. The van der Waals surface area contributed by atoms with Gasteiger partial charge in [-0.3, -0.25) is 9.89 Å². The number of amides is 1. The van der Waals surface area contributed by atoms with Crippen LogP contribution in [-0.4, -0.2) is 26.8 Å². The second-order valence-electron chi connectivity index (χ2n) is 5.32. The molecule has 0 saturated heterocycles. The van der Waals surface area contributed by atoms with E-state index in [9.17, 15) is 4.79 Å². The summed E-state index contributed by atoms with van der Waals surface area (Å²) in [4.78, 5) is 16.5. The van der Waals surface area contributed by atoms with Gasteiger partial charge in [0.15, 0.2) is 0 Å². The van der Waals surface area contributed by atoms with E-state index in [-0.39, 0.29) is 11.8 Å². The van der Waals surface area contributed by atoms with Gasteiger partial charge in [0, 0.05) is 12.1 Å². The maximum atomic E-state index is 12.2. The van der Waals surface area contributed by atoms with Gasteiger partial charge in [0.1, 0.15) is 0 Å². The van der Waals surface area contributed by atoms with E-state index in [0.717, 1.165) is 33.4 Å². The number of nitrogens with one attached hydrogen (secondary N) is 2. The summed E-state index contributed by atoms with van der Waals surface area (Å²) in [5.74, 6) is 1.10. The van der Waals surface area contributed by atoms with E-state index in [1.807, 2.05) is 32.9 Å². The van der Waals surface area contributed by atoms with E-state index in [2.05, 4.69) is 27.4 Å². The molecule has 22 heavy (non-hydrogen) atoms. The quantitative estimate of drug-likeness (QED) is 0.797. The number of aromatic amines is 1. The SMILES string of the molecule is CCSc1ccc(NC(=O)CC(C)c2c(C)n[nH]c2C)cn1. The van der Waals surface area contributed by atoms with Gasteiger partial charge in [0.25, 0.3) is 0 Å². The Morgan fingerprint density at radius 1 is 1.41 bits per heavy atom. The number of rotatable bonds is 6. The summed E-state index contributed by atoms with van der Waals surface area (Å²) in [6.45, 7) is 8.08. The van der Waals surface area contributed by atoms with E-state index < -0.39 is 0 Å². The zero-order valence-electron chi connectivity index (χ0n) is 13.4. The lowest BCUT2D eigenvalue weighted by atomic mass is 9.95. The Morgan fingerprint density at radius 3 is 2.73 bits per heavy atom. The molecule has 5 nitrogen and oxygen atoms in total. The largest absolute Gasteiger partial charge is 0.325 e. The number of aromatic nitrogens is 3. The average molecular weight is 318 g/mol. The van der Waals surface area contributed by atoms with Crippen molar-refractivity contribution in [2.75, 3.05) is 11.1 Å². The Kier molecular flexibility index (Phi) is 5.60. The molecule has 2 aromatic rings. The summed E-state index contributed by atoms with van der Waals surface area (Å²) in [5, 5.41) is 11.0. The Balaban J connectivity index is 1.95. The maximum Gasteiger partial charge on any atom is 0.225 e. The summed E-state index contributed by atoms with van der Waals surface area (Å²) in [6, 6.07) is 3.82. The highest BCUT2D eigenvalue weighted by Crippen LogP contribution is 2.25. The molecule has 0 spiro atoms. The number of aryl methyl sites for hydroxylation is 2. The van der Waals surface area contributed by atoms with E-state index in [0.29, 0.717) is 6.42 Å². The molecule has 118 valence electrons. The molecule has 2 N–H and O–H groups in total. The molecular weight excluding hydrogens is 296 g/mol. The number of H-pyrrole nitrogens is 1. The number of nitrogens with zero attached hydrogens (tertiary/aromatic N) is 2. The number of carbonyl (C=O) groups is 1. The molecule has 2 aromatic heterocycles. The van der Waals surface area contributed by atoms with Crippen molar-refractivity contribution in [3.63, 3.8) is 0 Å². The van der Waals surface area contributed by atoms with Gasteiger partial charge in [-0.15, -0.1) is 11.8 Å². The summed E-state index contributed by atoms with van der Waals surface area (Å²) in [6.07, 6.45) is 2.13. The summed E-state index contributed by atoms with van der Waals surface area (Å²) >= 11 is 1.68. The fraction of sp³-hybridized carbons (Fsp3) is 0.438. The first kappa shape index (κ1) is 16.5. The van der Waals surface area contributed by atoms with Gasteiger partial charge in [-0.1, -0.05) is 13.8 Å². The number of anilines is 1. The molecule has 0 radical (unpaired) electrons. The number of hydrogen-bond donors (Lipinski definition) is 2. The van der Waals surface area contributed by atoms with Crippen LogP contribution in [0.25, 0.3) is 0 Å². The van der Waals surface area contributed by atoms with Crippen LogP contribution in [0.4, 0.5) is 5.69 Å². The Hall–Kier alpha value is -1.82. The van der Waals surface area contributed by atoms with Crippen molar-refractivity contribution in [2.24, 2.45) is 0 Å². The summed E-state index contributed by atoms with van der Waals surface area (Å²) in [5.41, 5.74) is 3.85. The smallest absolute Gasteiger partial charge is 0.225 e. The fourth-order valence-electron chi connectivity index (χ4n) is 2.57. The molecule has 2 rings (SSSR count).